The first-order chi connectivity index (χ1) is 17.4. The number of halogens is 1. The zero-order valence-electron chi connectivity index (χ0n) is 18.3. The van der Waals surface area contributed by atoms with Gasteiger partial charge in [-0.25, -0.2) is 22.8 Å². The van der Waals surface area contributed by atoms with E-state index in [-0.39, 0.29) is 27.1 Å². The van der Waals surface area contributed by atoms with Crippen LogP contribution >= 0.6 is 11.3 Å². The molecule has 3 aromatic heterocycles. The van der Waals surface area contributed by atoms with Gasteiger partial charge < -0.3 is 9.15 Å². The molecule has 5 rings (SSSR count). The fourth-order valence-corrected chi connectivity index (χ4v) is 5.19. The number of ether oxygens (including phenoxy) is 1. The Bertz CT molecular complexity index is 1680. The molecule has 0 radical (unpaired) electrons. The van der Waals surface area contributed by atoms with Gasteiger partial charge in [0, 0.05) is 22.7 Å². The Hall–Kier alpha value is -4.53. The molecule has 8 nitrogen and oxygen atoms in total. The van der Waals surface area contributed by atoms with Crippen molar-refractivity contribution in [3.63, 3.8) is 0 Å². The van der Waals surface area contributed by atoms with Crippen molar-refractivity contribution in [1.82, 2.24) is 9.97 Å². The molecule has 0 bridgehead atoms. The van der Waals surface area contributed by atoms with Crippen LogP contribution in [-0.4, -0.2) is 18.4 Å². The molecule has 3 heterocycles. The van der Waals surface area contributed by atoms with Crippen LogP contribution in [0.5, 0.6) is 11.5 Å². The first-order valence-corrected chi connectivity index (χ1v) is 12.7. The van der Waals surface area contributed by atoms with Gasteiger partial charge in [-0.15, -0.1) is 11.3 Å². The number of furan rings is 1. The molecule has 0 fully saturated rings. The molecule has 36 heavy (non-hydrogen) atoms. The molecular formula is C25H15FN4O4S2. The summed E-state index contributed by atoms with van der Waals surface area (Å²) in [5.41, 5.74) is 1.62. The molecule has 0 amide bonds. The van der Waals surface area contributed by atoms with E-state index >= 15 is 0 Å². The number of nitrogens with zero attached hydrogens (tertiary/aromatic N) is 3. The molecule has 0 aliphatic rings. The number of hydrogen-bond donors (Lipinski definition) is 1. The smallest absolute Gasteiger partial charge is 0.263 e. The first-order valence-electron chi connectivity index (χ1n) is 10.4. The van der Waals surface area contributed by atoms with Crippen molar-refractivity contribution in [2.45, 2.75) is 4.90 Å². The second-order valence-corrected chi connectivity index (χ2v) is 9.93. The van der Waals surface area contributed by atoms with E-state index in [9.17, 15) is 18.1 Å². The van der Waals surface area contributed by atoms with Crippen molar-refractivity contribution in [3.8, 4) is 40.1 Å². The van der Waals surface area contributed by atoms with Crippen LogP contribution in [0.15, 0.2) is 94.1 Å². The molecular weight excluding hydrogens is 503 g/mol. The Balaban J connectivity index is 1.52. The second-order valence-electron chi connectivity index (χ2n) is 7.35. The number of rotatable bonds is 7. The second kappa shape index (κ2) is 9.61. The van der Waals surface area contributed by atoms with Gasteiger partial charge >= 0.3 is 0 Å². The molecule has 0 spiro atoms. The van der Waals surface area contributed by atoms with Crippen molar-refractivity contribution >= 4 is 26.5 Å². The highest BCUT2D eigenvalue weighted by molar-refractivity contribution is 7.93. The molecule has 0 saturated heterocycles. The van der Waals surface area contributed by atoms with Gasteiger partial charge in [0.1, 0.15) is 23.3 Å². The Morgan fingerprint density at radius 1 is 1.08 bits per heavy atom. The molecule has 5 aromatic rings. The molecule has 0 atom stereocenters. The van der Waals surface area contributed by atoms with Crippen LogP contribution < -0.4 is 9.46 Å². The van der Waals surface area contributed by atoms with Crippen LogP contribution in [0.25, 0.3) is 22.5 Å². The van der Waals surface area contributed by atoms with Crippen LogP contribution in [0.1, 0.15) is 5.56 Å². The van der Waals surface area contributed by atoms with Gasteiger partial charge in [-0.1, -0.05) is 12.1 Å². The fourth-order valence-electron chi connectivity index (χ4n) is 3.37. The van der Waals surface area contributed by atoms with Crippen molar-refractivity contribution in [1.29, 1.82) is 5.26 Å². The summed E-state index contributed by atoms with van der Waals surface area (Å²) in [5, 5.41) is 11.5. The third-order valence-electron chi connectivity index (χ3n) is 5.06. The molecule has 0 aliphatic heterocycles. The quantitative estimate of drug-likeness (QED) is 0.278. The minimum atomic E-state index is -3.96. The monoisotopic (exact) mass is 518 g/mol. The molecule has 0 saturated carbocycles. The number of pyridine rings is 1. The highest BCUT2D eigenvalue weighted by Gasteiger charge is 2.20. The Kier molecular flexibility index (Phi) is 6.20. The van der Waals surface area contributed by atoms with Crippen LogP contribution in [0, 0.1) is 17.1 Å². The molecule has 178 valence electrons. The van der Waals surface area contributed by atoms with E-state index in [1.807, 2.05) is 6.07 Å². The normalized spacial score (nSPS) is 11.1. The maximum Gasteiger partial charge on any atom is 0.263 e. The Morgan fingerprint density at radius 2 is 1.92 bits per heavy atom. The SMILES string of the molecule is N#Cc1cc(S(=O)(=O)Nc2nccs2)ccc1Oc1ccc(-c2ccccc2F)nc1-c1ccoc1. The summed E-state index contributed by atoms with van der Waals surface area (Å²) in [6, 6.07) is 17.0. The summed E-state index contributed by atoms with van der Waals surface area (Å²) >= 11 is 1.13. The number of sulfonamides is 1. The lowest BCUT2D eigenvalue weighted by Crippen LogP contribution is -2.13. The minimum absolute atomic E-state index is 0.00617. The van der Waals surface area contributed by atoms with E-state index < -0.39 is 15.8 Å². The van der Waals surface area contributed by atoms with Gasteiger partial charge in [-0.3, -0.25) is 4.72 Å². The number of thiazole rings is 1. The zero-order chi connectivity index (χ0) is 25.1. The third kappa shape index (κ3) is 4.68. The predicted octanol–water partition coefficient (Wildman–Crippen LogP) is 6.07. The molecule has 0 aliphatic carbocycles. The maximum atomic E-state index is 14.4. The average Bonchev–Trinajstić information content (AvgIpc) is 3.59. The lowest BCUT2D eigenvalue weighted by atomic mass is 10.1. The van der Waals surface area contributed by atoms with Gasteiger partial charge in [0.25, 0.3) is 10.0 Å². The van der Waals surface area contributed by atoms with Gasteiger partial charge in [-0.05, 0) is 48.5 Å². The van der Waals surface area contributed by atoms with Crippen LogP contribution in [0.2, 0.25) is 0 Å². The summed E-state index contributed by atoms with van der Waals surface area (Å²) in [5.74, 6) is -0.0351. The van der Waals surface area contributed by atoms with E-state index in [1.165, 1.54) is 43.0 Å². The number of hydrogen-bond acceptors (Lipinski definition) is 8. The van der Waals surface area contributed by atoms with E-state index in [2.05, 4.69) is 14.7 Å². The van der Waals surface area contributed by atoms with Crippen LogP contribution in [0.4, 0.5) is 9.52 Å². The van der Waals surface area contributed by atoms with E-state index in [0.717, 1.165) is 11.3 Å². The number of anilines is 1. The van der Waals surface area contributed by atoms with Gasteiger partial charge in [0.15, 0.2) is 10.9 Å². The topological polar surface area (TPSA) is 118 Å². The fraction of sp³-hybridized carbons (Fsp3) is 0. The van der Waals surface area contributed by atoms with E-state index in [4.69, 9.17) is 9.15 Å². The van der Waals surface area contributed by atoms with E-state index in [1.54, 1.807) is 41.8 Å². The molecule has 11 heteroatoms. The minimum Gasteiger partial charge on any atom is -0.472 e. The van der Waals surface area contributed by atoms with Crippen molar-refractivity contribution in [2.24, 2.45) is 0 Å². The zero-order valence-corrected chi connectivity index (χ0v) is 19.9. The van der Waals surface area contributed by atoms with Gasteiger partial charge in [0.2, 0.25) is 0 Å². The molecule has 1 N–H and O–H groups in total. The Labute approximate surface area is 209 Å². The van der Waals surface area contributed by atoms with Crippen molar-refractivity contribution in [2.75, 3.05) is 4.72 Å². The summed E-state index contributed by atoms with van der Waals surface area (Å²) in [6.45, 7) is 0. The Morgan fingerprint density at radius 3 is 2.64 bits per heavy atom. The number of nitrogens with one attached hydrogen (secondary N) is 1. The summed E-state index contributed by atoms with van der Waals surface area (Å²) < 4.78 is 53.3. The maximum absolute atomic E-state index is 14.4. The highest BCUT2D eigenvalue weighted by atomic mass is 32.2. The summed E-state index contributed by atoms with van der Waals surface area (Å²) in [6.07, 6.45) is 4.40. The van der Waals surface area contributed by atoms with Gasteiger partial charge in [0.05, 0.1) is 28.7 Å². The van der Waals surface area contributed by atoms with Crippen molar-refractivity contribution in [3.05, 3.63) is 96.1 Å². The molecule has 2 aromatic carbocycles. The lowest BCUT2D eigenvalue weighted by molar-refractivity contribution is 0.480. The van der Waals surface area contributed by atoms with Gasteiger partial charge in [-0.2, -0.15) is 5.26 Å². The summed E-state index contributed by atoms with van der Waals surface area (Å²) in [7, 11) is -3.96. The highest BCUT2D eigenvalue weighted by Crippen LogP contribution is 2.36. The summed E-state index contributed by atoms with van der Waals surface area (Å²) in [4.78, 5) is 8.37. The number of nitriles is 1. The van der Waals surface area contributed by atoms with Crippen molar-refractivity contribution < 1.29 is 22.0 Å². The standard InChI is InChI=1S/C25H15FN4O4S2/c26-20-4-2-1-3-19(20)21-6-8-23(24(29-21)16-9-11-33-15-16)34-22-7-5-18(13-17(22)14-27)36(31,32)30-25-28-10-12-35-25/h1-13,15H,(H,28,30). The average molecular weight is 519 g/mol. The first kappa shape index (κ1) is 23.2. The van der Waals surface area contributed by atoms with Crippen LogP contribution in [0.3, 0.4) is 0 Å². The number of benzene rings is 2. The van der Waals surface area contributed by atoms with Crippen LogP contribution in [-0.2, 0) is 10.0 Å². The molecule has 0 unspecified atom stereocenters. The predicted molar refractivity (Wildman–Crippen MR) is 131 cm³/mol. The number of aromatic nitrogens is 2. The lowest BCUT2D eigenvalue weighted by Gasteiger charge is -2.13. The third-order valence-corrected chi connectivity index (χ3v) is 7.21. The largest absolute Gasteiger partial charge is 0.472 e. The van der Waals surface area contributed by atoms with E-state index in [0.29, 0.717) is 22.5 Å².